The molecular formula is C12H13BO3S2. The maximum absolute atomic E-state index is 9.04. The van der Waals surface area contributed by atoms with Crippen molar-refractivity contribution in [3.63, 3.8) is 0 Å². The van der Waals surface area contributed by atoms with Gasteiger partial charge in [-0.1, -0.05) is 18.2 Å². The number of rotatable bonds is 6. The van der Waals surface area contributed by atoms with Crippen LogP contribution in [0.4, 0.5) is 0 Å². The summed E-state index contributed by atoms with van der Waals surface area (Å²) in [6.45, 7) is 0.591. The van der Waals surface area contributed by atoms with Gasteiger partial charge in [0.15, 0.2) is 0 Å². The molecule has 2 aromatic rings. The monoisotopic (exact) mass is 280 g/mol. The van der Waals surface area contributed by atoms with Crippen LogP contribution in [0, 0.1) is 0 Å². The molecule has 2 rings (SSSR count). The Labute approximate surface area is 115 Å². The lowest BCUT2D eigenvalue weighted by Gasteiger charge is -2.07. The molecule has 0 amide bonds. The van der Waals surface area contributed by atoms with E-state index in [2.05, 4.69) is 11.4 Å². The summed E-state index contributed by atoms with van der Waals surface area (Å²) in [6, 6.07) is 11.0. The smallest absolute Gasteiger partial charge is 0.488 e. The summed E-state index contributed by atoms with van der Waals surface area (Å²) in [5, 5.41) is 20.1. The fourth-order valence-electron chi connectivity index (χ4n) is 1.41. The molecule has 0 fully saturated rings. The average molecular weight is 280 g/mol. The van der Waals surface area contributed by atoms with Gasteiger partial charge in [0.25, 0.3) is 0 Å². The van der Waals surface area contributed by atoms with Gasteiger partial charge in [-0.15, -0.1) is 23.1 Å². The van der Waals surface area contributed by atoms with Crippen molar-refractivity contribution in [2.45, 2.75) is 4.21 Å². The molecule has 2 N–H and O–H groups in total. The van der Waals surface area contributed by atoms with Crippen LogP contribution >= 0.6 is 23.1 Å². The highest BCUT2D eigenvalue weighted by Crippen LogP contribution is 2.23. The van der Waals surface area contributed by atoms with E-state index in [1.165, 1.54) is 4.21 Å². The molecule has 1 heterocycles. The van der Waals surface area contributed by atoms with E-state index >= 15 is 0 Å². The topological polar surface area (TPSA) is 49.7 Å². The molecule has 0 spiro atoms. The Kier molecular flexibility index (Phi) is 5.13. The van der Waals surface area contributed by atoms with Gasteiger partial charge >= 0.3 is 7.12 Å². The van der Waals surface area contributed by atoms with E-state index < -0.39 is 7.12 Å². The van der Waals surface area contributed by atoms with Crippen molar-refractivity contribution < 1.29 is 14.8 Å². The third-order valence-electron chi connectivity index (χ3n) is 2.25. The minimum atomic E-state index is -1.45. The van der Waals surface area contributed by atoms with E-state index in [-0.39, 0.29) is 0 Å². The highest BCUT2D eigenvalue weighted by atomic mass is 32.2. The minimum Gasteiger partial charge on any atom is -0.493 e. The molecule has 94 valence electrons. The standard InChI is InChI=1S/C12H13BO3S2/c14-13(15)10-3-1-4-11(9-10)16-6-8-18-12-5-2-7-17-12/h1-5,7,9,14-15H,6,8H2. The number of hydrogen-bond donors (Lipinski definition) is 2. The van der Waals surface area contributed by atoms with Crippen molar-refractivity contribution in [1.82, 2.24) is 0 Å². The van der Waals surface area contributed by atoms with Gasteiger partial charge in [-0.05, 0) is 29.0 Å². The first kappa shape index (κ1) is 13.5. The first-order valence-corrected chi connectivity index (χ1v) is 7.37. The second-order valence-corrected chi connectivity index (χ2v) is 5.92. The molecule has 0 saturated carbocycles. The van der Waals surface area contributed by atoms with Crippen molar-refractivity contribution in [1.29, 1.82) is 0 Å². The van der Waals surface area contributed by atoms with Crippen molar-refractivity contribution in [3.05, 3.63) is 41.8 Å². The fraction of sp³-hybridized carbons (Fsp3) is 0.167. The van der Waals surface area contributed by atoms with Gasteiger partial charge in [0.1, 0.15) is 5.75 Å². The summed E-state index contributed by atoms with van der Waals surface area (Å²) >= 11 is 3.47. The predicted molar refractivity (Wildman–Crippen MR) is 76.8 cm³/mol. The maximum Gasteiger partial charge on any atom is 0.488 e. The number of thiophene rings is 1. The highest BCUT2D eigenvalue weighted by molar-refractivity contribution is 8.01. The quantitative estimate of drug-likeness (QED) is 0.479. The summed E-state index contributed by atoms with van der Waals surface area (Å²) in [5.41, 5.74) is 0.443. The molecule has 0 bridgehead atoms. The van der Waals surface area contributed by atoms with E-state index in [0.29, 0.717) is 17.8 Å². The van der Waals surface area contributed by atoms with E-state index in [4.69, 9.17) is 14.8 Å². The van der Waals surface area contributed by atoms with Crippen molar-refractivity contribution >= 4 is 35.7 Å². The Morgan fingerprint density at radius 2 is 2.11 bits per heavy atom. The number of benzene rings is 1. The van der Waals surface area contributed by atoms with Gasteiger partial charge in [0.2, 0.25) is 0 Å². The molecular weight excluding hydrogens is 267 g/mol. The van der Waals surface area contributed by atoms with Crippen LogP contribution in [0.1, 0.15) is 0 Å². The van der Waals surface area contributed by atoms with Gasteiger partial charge in [-0.2, -0.15) is 0 Å². The largest absolute Gasteiger partial charge is 0.493 e. The first-order valence-electron chi connectivity index (χ1n) is 5.51. The Morgan fingerprint density at radius 1 is 1.22 bits per heavy atom. The average Bonchev–Trinajstić information content (AvgIpc) is 2.88. The Hall–Kier alpha value is -0.945. The minimum absolute atomic E-state index is 0.443. The molecule has 0 aliphatic heterocycles. The highest BCUT2D eigenvalue weighted by Gasteiger charge is 2.10. The zero-order valence-corrected chi connectivity index (χ0v) is 11.3. The van der Waals surface area contributed by atoms with Crippen LogP contribution in [0.15, 0.2) is 46.0 Å². The predicted octanol–water partition coefficient (Wildman–Crippen LogP) is 1.60. The molecule has 0 radical (unpaired) electrons. The van der Waals surface area contributed by atoms with Crippen LogP contribution in [0.2, 0.25) is 0 Å². The van der Waals surface area contributed by atoms with Crippen LogP contribution < -0.4 is 10.2 Å². The van der Waals surface area contributed by atoms with Crippen LogP contribution in [-0.2, 0) is 0 Å². The molecule has 0 aliphatic carbocycles. The Balaban J connectivity index is 1.78. The molecule has 1 aromatic carbocycles. The lowest BCUT2D eigenvalue weighted by atomic mass is 9.80. The van der Waals surface area contributed by atoms with Gasteiger partial charge in [0.05, 0.1) is 10.8 Å². The van der Waals surface area contributed by atoms with E-state index in [1.807, 2.05) is 12.1 Å². The molecule has 18 heavy (non-hydrogen) atoms. The fourth-order valence-corrected chi connectivity index (χ4v) is 3.09. The number of hydrogen-bond acceptors (Lipinski definition) is 5. The third-order valence-corrected chi connectivity index (χ3v) is 4.34. The first-order chi connectivity index (χ1) is 8.75. The summed E-state index contributed by atoms with van der Waals surface area (Å²) in [7, 11) is -1.45. The SMILES string of the molecule is OB(O)c1cccc(OCCSc2cccs2)c1. The van der Waals surface area contributed by atoms with Crippen LogP contribution in [0.25, 0.3) is 0 Å². The van der Waals surface area contributed by atoms with Gasteiger partial charge in [-0.25, -0.2) is 0 Å². The summed E-state index contributed by atoms with van der Waals surface area (Å²) in [4.78, 5) is 0. The molecule has 0 unspecified atom stereocenters. The van der Waals surface area contributed by atoms with Crippen LogP contribution in [0.5, 0.6) is 5.75 Å². The Morgan fingerprint density at radius 3 is 2.83 bits per heavy atom. The van der Waals surface area contributed by atoms with Crippen LogP contribution in [-0.4, -0.2) is 29.5 Å². The van der Waals surface area contributed by atoms with E-state index in [1.54, 1.807) is 41.3 Å². The summed E-state index contributed by atoms with van der Waals surface area (Å²) < 4.78 is 6.83. The molecule has 0 aliphatic rings. The normalized spacial score (nSPS) is 10.3. The zero-order chi connectivity index (χ0) is 12.8. The third kappa shape index (κ3) is 4.06. The number of thioether (sulfide) groups is 1. The Bertz CT molecular complexity index is 474. The van der Waals surface area contributed by atoms with Crippen LogP contribution in [0.3, 0.4) is 0 Å². The van der Waals surface area contributed by atoms with Gasteiger partial charge in [0, 0.05) is 5.75 Å². The van der Waals surface area contributed by atoms with Crippen molar-refractivity contribution in [3.8, 4) is 5.75 Å². The van der Waals surface area contributed by atoms with Gasteiger partial charge in [-0.3, -0.25) is 0 Å². The van der Waals surface area contributed by atoms with E-state index in [0.717, 1.165) is 5.75 Å². The molecule has 6 heteroatoms. The molecule has 0 saturated heterocycles. The molecule has 0 atom stereocenters. The molecule has 3 nitrogen and oxygen atoms in total. The van der Waals surface area contributed by atoms with Crippen molar-refractivity contribution in [2.24, 2.45) is 0 Å². The summed E-state index contributed by atoms with van der Waals surface area (Å²) in [5.74, 6) is 1.53. The second-order valence-electron chi connectivity index (χ2n) is 3.58. The van der Waals surface area contributed by atoms with Gasteiger partial charge < -0.3 is 14.8 Å². The maximum atomic E-state index is 9.04. The lowest BCUT2D eigenvalue weighted by Crippen LogP contribution is -2.29. The lowest BCUT2D eigenvalue weighted by molar-refractivity contribution is 0.344. The summed E-state index contributed by atoms with van der Waals surface area (Å²) in [6.07, 6.45) is 0. The number of ether oxygens (including phenoxy) is 1. The van der Waals surface area contributed by atoms with E-state index in [9.17, 15) is 0 Å². The zero-order valence-electron chi connectivity index (χ0n) is 9.65. The second kappa shape index (κ2) is 6.85. The molecule has 1 aromatic heterocycles. The van der Waals surface area contributed by atoms with Crippen molar-refractivity contribution in [2.75, 3.05) is 12.4 Å².